The first-order chi connectivity index (χ1) is 27.8. The minimum Gasteiger partial charge on any atom is -0.310 e. The highest BCUT2D eigenvalue weighted by atomic mass is 15.2. The molecule has 10 aromatic rings. The van der Waals surface area contributed by atoms with Crippen LogP contribution in [0.5, 0.6) is 0 Å². The molecule has 0 N–H and O–H groups in total. The van der Waals surface area contributed by atoms with Gasteiger partial charge in [-0.3, -0.25) is 0 Å². The quantitative estimate of drug-likeness (QED) is 0.155. The van der Waals surface area contributed by atoms with Crippen molar-refractivity contribution in [2.45, 2.75) is 0 Å². The van der Waals surface area contributed by atoms with Crippen molar-refractivity contribution in [1.82, 2.24) is 0 Å². The molecule has 0 atom stereocenters. The maximum Gasteiger partial charge on any atom is 0.0546 e. The molecule has 0 heterocycles. The van der Waals surface area contributed by atoms with Crippen LogP contribution in [0.3, 0.4) is 0 Å². The summed E-state index contributed by atoms with van der Waals surface area (Å²) in [5, 5.41) is 7.26. The molecule has 0 amide bonds. The highest BCUT2D eigenvalue weighted by Crippen LogP contribution is 2.46. The third kappa shape index (κ3) is 6.24. The van der Waals surface area contributed by atoms with Gasteiger partial charge in [0.2, 0.25) is 0 Å². The fourth-order valence-corrected chi connectivity index (χ4v) is 8.07. The Labute approximate surface area is 327 Å². The SMILES string of the molecule is c1ccc(-c2ccc(N(c3cccc(N(c4ccc5ccccc5c4)c4ccc5ccccc5c4-c4ccccc4)c3)c3ccc4ccccc4c3)cc2)cc1. The Morgan fingerprint density at radius 1 is 0.232 bits per heavy atom. The minimum atomic E-state index is 1.07. The van der Waals surface area contributed by atoms with Crippen LogP contribution in [0.25, 0.3) is 54.6 Å². The Morgan fingerprint density at radius 2 is 0.679 bits per heavy atom. The largest absolute Gasteiger partial charge is 0.310 e. The maximum atomic E-state index is 2.43. The highest BCUT2D eigenvalue weighted by molar-refractivity contribution is 6.06. The van der Waals surface area contributed by atoms with Crippen LogP contribution in [0.1, 0.15) is 0 Å². The van der Waals surface area contributed by atoms with E-state index < -0.39 is 0 Å². The third-order valence-electron chi connectivity index (χ3n) is 10.8. The number of hydrogen-bond acceptors (Lipinski definition) is 2. The van der Waals surface area contributed by atoms with E-state index in [-0.39, 0.29) is 0 Å². The molecule has 0 bridgehead atoms. The predicted octanol–water partition coefficient (Wildman–Crippen LogP) is 15.4. The average Bonchev–Trinajstić information content (AvgIpc) is 3.27. The summed E-state index contributed by atoms with van der Waals surface area (Å²) < 4.78 is 0. The van der Waals surface area contributed by atoms with Gasteiger partial charge in [0.1, 0.15) is 0 Å². The zero-order valence-corrected chi connectivity index (χ0v) is 30.8. The minimum absolute atomic E-state index is 1.07. The van der Waals surface area contributed by atoms with Crippen LogP contribution in [-0.2, 0) is 0 Å². The van der Waals surface area contributed by atoms with Crippen LogP contribution < -0.4 is 9.80 Å². The molecule has 0 saturated heterocycles. The van der Waals surface area contributed by atoms with Crippen LogP contribution in [0.4, 0.5) is 34.1 Å². The monoisotopic (exact) mass is 714 g/mol. The molecule has 2 heteroatoms. The van der Waals surface area contributed by atoms with Crippen molar-refractivity contribution in [3.05, 3.63) is 231 Å². The molecule has 0 aromatic heterocycles. The van der Waals surface area contributed by atoms with Gasteiger partial charge in [0.25, 0.3) is 0 Å². The van der Waals surface area contributed by atoms with Crippen LogP contribution in [0.2, 0.25) is 0 Å². The highest BCUT2D eigenvalue weighted by Gasteiger charge is 2.22. The Balaban J connectivity index is 1.19. The van der Waals surface area contributed by atoms with Gasteiger partial charge < -0.3 is 9.80 Å². The molecule has 0 radical (unpaired) electrons. The van der Waals surface area contributed by atoms with Crippen molar-refractivity contribution in [2.75, 3.05) is 9.80 Å². The van der Waals surface area contributed by atoms with Crippen molar-refractivity contribution in [3.8, 4) is 22.3 Å². The maximum absolute atomic E-state index is 2.43. The summed E-state index contributed by atoms with van der Waals surface area (Å²) in [6.07, 6.45) is 0. The molecule has 0 aliphatic heterocycles. The first-order valence-electron chi connectivity index (χ1n) is 19.2. The smallest absolute Gasteiger partial charge is 0.0546 e. The number of anilines is 6. The van der Waals surface area contributed by atoms with Gasteiger partial charge in [-0.15, -0.1) is 0 Å². The van der Waals surface area contributed by atoms with Gasteiger partial charge in [0.15, 0.2) is 0 Å². The van der Waals surface area contributed by atoms with E-state index in [1.807, 2.05) is 0 Å². The van der Waals surface area contributed by atoms with E-state index >= 15 is 0 Å². The molecule has 0 spiro atoms. The van der Waals surface area contributed by atoms with Crippen LogP contribution >= 0.6 is 0 Å². The van der Waals surface area contributed by atoms with Crippen molar-refractivity contribution in [3.63, 3.8) is 0 Å². The molecule has 0 aliphatic rings. The lowest BCUT2D eigenvalue weighted by Crippen LogP contribution is -2.14. The molecule has 2 nitrogen and oxygen atoms in total. The second kappa shape index (κ2) is 14.4. The van der Waals surface area contributed by atoms with Gasteiger partial charge in [-0.1, -0.05) is 170 Å². The van der Waals surface area contributed by atoms with E-state index in [0.29, 0.717) is 0 Å². The van der Waals surface area contributed by atoms with Gasteiger partial charge in [0.05, 0.1) is 5.69 Å². The summed E-state index contributed by atoms with van der Waals surface area (Å²) in [6, 6.07) is 83.3. The molecule has 264 valence electrons. The van der Waals surface area contributed by atoms with Crippen molar-refractivity contribution >= 4 is 66.4 Å². The summed E-state index contributed by atoms with van der Waals surface area (Å²) in [6.45, 7) is 0. The van der Waals surface area contributed by atoms with Gasteiger partial charge in [-0.2, -0.15) is 0 Å². The standard InChI is InChI=1S/C54H38N2/c1-3-14-39(15-4-1)42-26-31-47(32-27-42)55(50-33-28-40-16-7-9-21-45(40)36-50)48-23-13-24-49(38-48)56(51-34-29-41-17-8-10-22-46(41)37-51)53-35-30-43-18-11-12-25-52(43)54(53)44-19-5-2-6-20-44/h1-38H. The summed E-state index contributed by atoms with van der Waals surface area (Å²) >= 11 is 0. The Morgan fingerprint density at radius 3 is 1.32 bits per heavy atom. The number of rotatable bonds is 8. The molecule has 0 fully saturated rings. The topological polar surface area (TPSA) is 6.48 Å². The summed E-state index contributed by atoms with van der Waals surface area (Å²) in [5.74, 6) is 0. The van der Waals surface area contributed by atoms with Gasteiger partial charge >= 0.3 is 0 Å². The second-order valence-corrected chi connectivity index (χ2v) is 14.2. The fourth-order valence-electron chi connectivity index (χ4n) is 8.07. The lowest BCUT2D eigenvalue weighted by Gasteiger charge is -2.31. The third-order valence-corrected chi connectivity index (χ3v) is 10.8. The van der Waals surface area contributed by atoms with Crippen LogP contribution in [0, 0.1) is 0 Å². The van der Waals surface area contributed by atoms with Crippen molar-refractivity contribution < 1.29 is 0 Å². The Hall–Kier alpha value is -7.42. The molecule has 0 unspecified atom stereocenters. The Kier molecular flexibility index (Phi) is 8.55. The van der Waals surface area contributed by atoms with E-state index in [1.54, 1.807) is 0 Å². The number of nitrogens with zero attached hydrogens (tertiary/aromatic N) is 2. The van der Waals surface area contributed by atoms with E-state index in [2.05, 4.69) is 240 Å². The van der Waals surface area contributed by atoms with Gasteiger partial charge in [0, 0.05) is 34.0 Å². The normalized spacial score (nSPS) is 11.2. The molecule has 0 saturated carbocycles. The molecule has 0 aliphatic carbocycles. The molecule has 10 aromatic carbocycles. The fraction of sp³-hybridized carbons (Fsp3) is 0. The van der Waals surface area contributed by atoms with E-state index in [0.717, 1.165) is 34.1 Å². The van der Waals surface area contributed by atoms with E-state index in [9.17, 15) is 0 Å². The lowest BCUT2D eigenvalue weighted by molar-refractivity contribution is 1.26. The van der Waals surface area contributed by atoms with Crippen LogP contribution in [0.15, 0.2) is 231 Å². The zero-order valence-electron chi connectivity index (χ0n) is 30.8. The number of fused-ring (bicyclic) bond motifs is 3. The first kappa shape index (κ1) is 33.2. The lowest BCUT2D eigenvalue weighted by atomic mass is 9.95. The summed E-state index contributed by atoms with van der Waals surface area (Å²) in [5.41, 5.74) is 11.3. The van der Waals surface area contributed by atoms with Crippen molar-refractivity contribution in [1.29, 1.82) is 0 Å². The number of hydrogen-bond donors (Lipinski definition) is 0. The molecule has 10 rings (SSSR count). The average molecular weight is 715 g/mol. The van der Waals surface area contributed by atoms with Crippen LogP contribution in [-0.4, -0.2) is 0 Å². The zero-order chi connectivity index (χ0) is 37.3. The molecular formula is C54H38N2. The summed E-state index contributed by atoms with van der Waals surface area (Å²) in [4.78, 5) is 4.81. The first-order valence-corrected chi connectivity index (χ1v) is 19.2. The Bertz CT molecular complexity index is 2970. The summed E-state index contributed by atoms with van der Waals surface area (Å²) in [7, 11) is 0. The molecule has 56 heavy (non-hydrogen) atoms. The van der Waals surface area contributed by atoms with Gasteiger partial charge in [-0.25, -0.2) is 0 Å². The predicted molar refractivity (Wildman–Crippen MR) is 239 cm³/mol. The van der Waals surface area contributed by atoms with E-state index in [1.165, 1.54) is 54.6 Å². The molecular weight excluding hydrogens is 677 g/mol. The van der Waals surface area contributed by atoms with E-state index in [4.69, 9.17) is 0 Å². The van der Waals surface area contributed by atoms with Gasteiger partial charge in [-0.05, 0) is 110 Å². The second-order valence-electron chi connectivity index (χ2n) is 14.2. The van der Waals surface area contributed by atoms with Crippen molar-refractivity contribution in [2.24, 2.45) is 0 Å². The number of benzene rings is 10.